The van der Waals surface area contributed by atoms with Gasteiger partial charge in [0.2, 0.25) is 0 Å². The second kappa shape index (κ2) is 5.62. The summed E-state index contributed by atoms with van der Waals surface area (Å²) in [5, 5.41) is 0. The van der Waals surface area contributed by atoms with Gasteiger partial charge in [0, 0.05) is 30.2 Å². The molecular weight excluding hydrogens is 252 g/mol. The normalized spacial score (nSPS) is 29.4. The van der Waals surface area contributed by atoms with E-state index >= 15 is 0 Å². The molecule has 2 saturated heterocycles. The van der Waals surface area contributed by atoms with Crippen molar-refractivity contribution in [2.75, 3.05) is 14.2 Å². The van der Waals surface area contributed by atoms with Crippen LogP contribution < -0.4 is 15.2 Å². The lowest BCUT2D eigenvalue weighted by Crippen LogP contribution is -2.46. The summed E-state index contributed by atoms with van der Waals surface area (Å²) in [5.41, 5.74) is 7.35. The van der Waals surface area contributed by atoms with Crippen molar-refractivity contribution < 1.29 is 9.47 Å². The highest BCUT2D eigenvalue weighted by atomic mass is 16.5. The van der Waals surface area contributed by atoms with Crippen LogP contribution in [0, 0.1) is 0 Å². The lowest BCUT2D eigenvalue weighted by Gasteiger charge is -2.37. The maximum atomic E-state index is 6.14. The average Bonchev–Trinajstić information content (AvgIpc) is 2.70. The predicted molar refractivity (Wildman–Crippen MR) is 79.1 cm³/mol. The molecule has 0 radical (unpaired) electrons. The fourth-order valence-corrected chi connectivity index (χ4v) is 3.78. The number of rotatable bonds is 4. The van der Waals surface area contributed by atoms with Crippen LogP contribution in [0.4, 0.5) is 0 Å². The molecule has 2 bridgehead atoms. The number of benzene rings is 1. The number of nitrogens with two attached hydrogens (primary N) is 1. The predicted octanol–water partition coefficient (Wildman–Crippen LogP) is 2.16. The van der Waals surface area contributed by atoms with Crippen LogP contribution in [0.1, 0.15) is 31.2 Å². The first-order chi connectivity index (χ1) is 9.71. The quantitative estimate of drug-likeness (QED) is 0.915. The minimum Gasteiger partial charge on any atom is -0.497 e. The van der Waals surface area contributed by atoms with E-state index in [-0.39, 0.29) is 0 Å². The van der Waals surface area contributed by atoms with Crippen LogP contribution in [0.25, 0.3) is 0 Å². The molecular formula is C16H24N2O2. The van der Waals surface area contributed by atoms with Gasteiger partial charge in [-0.3, -0.25) is 4.90 Å². The van der Waals surface area contributed by atoms with Gasteiger partial charge in [0.1, 0.15) is 11.5 Å². The smallest absolute Gasteiger partial charge is 0.123 e. The summed E-state index contributed by atoms with van der Waals surface area (Å²) in [5.74, 6) is 1.84. The van der Waals surface area contributed by atoms with Gasteiger partial charge in [-0.2, -0.15) is 0 Å². The molecule has 2 N–H and O–H groups in total. The van der Waals surface area contributed by atoms with Gasteiger partial charge >= 0.3 is 0 Å². The summed E-state index contributed by atoms with van der Waals surface area (Å²) in [4.78, 5) is 2.61. The van der Waals surface area contributed by atoms with Crippen LogP contribution in [-0.4, -0.2) is 37.2 Å². The third-order valence-electron chi connectivity index (χ3n) is 4.76. The standard InChI is InChI=1S/C16H24N2O2/c1-19-15-5-6-16(20-2)11(7-15)10-18-13-3-4-14(18)9-12(17)8-13/h5-7,12-14H,3-4,8-10,17H2,1-2H3. The average molecular weight is 276 g/mol. The molecule has 0 spiro atoms. The number of ether oxygens (including phenoxy) is 2. The molecule has 2 heterocycles. The Morgan fingerprint density at radius 3 is 2.45 bits per heavy atom. The number of hydrogen-bond donors (Lipinski definition) is 1. The van der Waals surface area contributed by atoms with Crippen molar-refractivity contribution in [1.82, 2.24) is 4.90 Å². The summed E-state index contributed by atoms with van der Waals surface area (Å²) >= 11 is 0. The highest BCUT2D eigenvalue weighted by Gasteiger charge is 2.39. The second-order valence-corrected chi connectivity index (χ2v) is 5.97. The zero-order chi connectivity index (χ0) is 14.1. The van der Waals surface area contributed by atoms with E-state index in [2.05, 4.69) is 11.0 Å². The second-order valence-electron chi connectivity index (χ2n) is 5.97. The van der Waals surface area contributed by atoms with E-state index < -0.39 is 0 Å². The van der Waals surface area contributed by atoms with Gasteiger partial charge in [-0.25, -0.2) is 0 Å². The van der Waals surface area contributed by atoms with Gasteiger partial charge in [0.05, 0.1) is 14.2 Å². The Bertz CT molecular complexity index is 464. The molecule has 4 nitrogen and oxygen atoms in total. The molecule has 0 aliphatic carbocycles. The molecule has 2 fully saturated rings. The van der Waals surface area contributed by atoms with Gasteiger partial charge < -0.3 is 15.2 Å². The monoisotopic (exact) mass is 276 g/mol. The lowest BCUT2D eigenvalue weighted by atomic mass is 9.97. The molecule has 1 aromatic rings. The molecule has 0 saturated carbocycles. The number of fused-ring (bicyclic) bond motifs is 2. The summed E-state index contributed by atoms with van der Waals surface area (Å²) in [7, 11) is 3.43. The first kappa shape index (κ1) is 13.7. The number of nitrogens with zero attached hydrogens (tertiary/aromatic N) is 1. The molecule has 110 valence electrons. The molecule has 0 aromatic heterocycles. The minimum absolute atomic E-state index is 0.385. The molecule has 2 atom stereocenters. The van der Waals surface area contributed by atoms with Crippen molar-refractivity contribution in [2.24, 2.45) is 5.73 Å². The Hall–Kier alpha value is -1.26. The molecule has 2 unspecified atom stereocenters. The third-order valence-corrected chi connectivity index (χ3v) is 4.76. The van der Waals surface area contributed by atoms with Crippen molar-refractivity contribution >= 4 is 0 Å². The fraction of sp³-hybridized carbons (Fsp3) is 0.625. The summed E-state index contributed by atoms with van der Waals surface area (Å²) < 4.78 is 10.8. The molecule has 0 amide bonds. The Balaban J connectivity index is 1.81. The van der Waals surface area contributed by atoms with E-state index in [1.165, 1.54) is 18.4 Å². The van der Waals surface area contributed by atoms with Crippen molar-refractivity contribution in [3.8, 4) is 11.5 Å². The van der Waals surface area contributed by atoms with Crippen LogP contribution in [0.5, 0.6) is 11.5 Å². The molecule has 20 heavy (non-hydrogen) atoms. The highest BCUT2D eigenvalue weighted by Crippen LogP contribution is 2.37. The Labute approximate surface area is 120 Å². The SMILES string of the molecule is COc1ccc(OC)c(CN2C3CCC2CC(N)C3)c1. The lowest BCUT2D eigenvalue weighted by molar-refractivity contribution is 0.118. The first-order valence-corrected chi connectivity index (χ1v) is 7.43. The Morgan fingerprint density at radius 1 is 1.15 bits per heavy atom. The van der Waals surface area contributed by atoms with Crippen LogP contribution in [0.2, 0.25) is 0 Å². The summed E-state index contributed by atoms with van der Waals surface area (Å²) in [6.07, 6.45) is 4.82. The highest BCUT2D eigenvalue weighted by molar-refractivity contribution is 5.40. The van der Waals surface area contributed by atoms with Crippen molar-refractivity contribution in [1.29, 1.82) is 0 Å². The summed E-state index contributed by atoms with van der Waals surface area (Å²) in [6.45, 7) is 0.933. The van der Waals surface area contributed by atoms with E-state index in [1.54, 1.807) is 14.2 Å². The number of methoxy groups -OCH3 is 2. The zero-order valence-electron chi connectivity index (χ0n) is 12.3. The maximum absolute atomic E-state index is 6.14. The number of hydrogen-bond acceptors (Lipinski definition) is 4. The van der Waals surface area contributed by atoms with Gasteiger partial charge in [-0.05, 0) is 43.9 Å². The van der Waals surface area contributed by atoms with Crippen LogP contribution in [0.15, 0.2) is 18.2 Å². The fourth-order valence-electron chi connectivity index (χ4n) is 3.78. The molecule has 2 aliphatic heterocycles. The van der Waals surface area contributed by atoms with E-state index in [1.807, 2.05) is 12.1 Å². The largest absolute Gasteiger partial charge is 0.497 e. The van der Waals surface area contributed by atoms with Gasteiger partial charge in [0.25, 0.3) is 0 Å². The molecule has 3 rings (SSSR count). The topological polar surface area (TPSA) is 47.7 Å². The van der Waals surface area contributed by atoms with E-state index in [0.29, 0.717) is 18.1 Å². The van der Waals surface area contributed by atoms with Gasteiger partial charge in [-0.15, -0.1) is 0 Å². The van der Waals surface area contributed by atoms with Crippen molar-refractivity contribution in [3.05, 3.63) is 23.8 Å². The zero-order valence-corrected chi connectivity index (χ0v) is 12.3. The minimum atomic E-state index is 0.385. The summed E-state index contributed by atoms with van der Waals surface area (Å²) in [6, 6.07) is 7.69. The molecule has 2 aliphatic rings. The Kier molecular flexibility index (Phi) is 3.85. The van der Waals surface area contributed by atoms with Crippen LogP contribution in [0.3, 0.4) is 0 Å². The molecule has 4 heteroatoms. The van der Waals surface area contributed by atoms with E-state index in [4.69, 9.17) is 15.2 Å². The maximum Gasteiger partial charge on any atom is 0.123 e. The molecule has 1 aromatic carbocycles. The van der Waals surface area contributed by atoms with Crippen LogP contribution in [-0.2, 0) is 6.54 Å². The van der Waals surface area contributed by atoms with Crippen molar-refractivity contribution in [3.63, 3.8) is 0 Å². The first-order valence-electron chi connectivity index (χ1n) is 7.43. The van der Waals surface area contributed by atoms with E-state index in [9.17, 15) is 0 Å². The van der Waals surface area contributed by atoms with Gasteiger partial charge in [-0.1, -0.05) is 0 Å². The van der Waals surface area contributed by atoms with Crippen LogP contribution >= 0.6 is 0 Å². The van der Waals surface area contributed by atoms with Crippen molar-refractivity contribution in [2.45, 2.75) is 50.4 Å². The van der Waals surface area contributed by atoms with Gasteiger partial charge in [0.15, 0.2) is 0 Å². The number of piperidine rings is 1. The third kappa shape index (κ3) is 2.50. The Morgan fingerprint density at radius 2 is 1.85 bits per heavy atom. The van der Waals surface area contributed by atoms with E-state index in [0.717, 1.165) is 30.9 Å².